The fourth-order valence-electron chi connectivity index (χ4n) is 3.69. The van der Waals surface area contributed by atoms with Crippen LogP contribution in [-0.2, 0) is 16.0 Å². The van der Waals surface area contributed by atoms with E-state index >= 15 is 0 Å². The summed E-state index contributed by atoms with van der Waals surface area (Å²) in [6.45, 7) is 0.985. The van der Waals surface area contributed by atoms with Gasteiger partial charge in [0, 0.05) is 19.6 Å². The molecule has 124 valence electrons. The molecule has 1 atom stereocenters. The van der Waals surface area contributed by atoms with Crippen LogP contribution in [0.1, 0.15) is 56.3 Å². The molecule has 0 aromatic carbocycles. The van der Waals surface area contributed by atoms with Crippen LogP contribution in [0.15, 0.2) is 4.52 Å². The van der Waals surface area contributed by atoms with E-state index in [1.807, 2.05) is 0 Å². The lowest BCUT2D eigenvalue weighted by molar-refractivity contribution is -0.131. The zero-order valence-electron chi connectivity index (χ0n) is 12.9. The fraction of sp³-hybridized carbons (Fsp3) is 0.733. The SMILES string of the molecule is O=C1NC2(CCCC2)C(=O)N1CCc1nc(C2CCCO2)no1. The van der Waals surface area contributed by atoms with Gasteiger partial charge in [0.05, 0.1) is 0 Å². The van der Waals surface area contributed by atoms with Crippen molar-refractivity contribution in [2.75, 3.05) is 13.2 Å². The maximum Gasteiger partial charge on any atom is 0.325 e. The molecule has 4 rings (SSSR count). The van der Waals surface area contributed by atoms with Crippen molar-refractivity contribution in [3.05, 3.63) is 11.7 Å². The van der Waals surface area contributed by atoms with Crippen LogP contribution < -0.4 is 5.32 Å². The number of nitrogens with zero attached hydrogens (tertiary/aromatic N) is 3. The standard InChI is InChI=1S/C15H20N4O4/c20-13-15(6-1-2-7-15)17-14(21)19(13)8-5-11-16-12(18-23-11)10-4-3-9-22-10/h10H,1-9H2,(H,17,21). The molecule has 1 aromatic heterocycles. The first-order chi connectivity index (χ1) is 11.2. The minimum absolute atomic E-state index is 0.0917. The van der Waals surface area contributed by atoms with Gasteiger partial charge < -0.3 is 14.6 Å². The highest BCUT2D eigenvalue weighted by molar-refractivity contribution is 6.07. The molecule has 3 fully saturated rings. The number of carbonyl (C=O) groups excluding carboxylic acids is 2. The van der Waals surface area contributed by atoms with Gasteiger partial charge in [0.2, 0.25) is 11.7 Å². The van der Waals surface area contributed by atoms with E-state index in [1.54, 1.807) is 0 Å². The lowest BCUT2D eigenvalue weighted by Gasteiger charge is -2.19. The Labute approximate surface area is 133 Å². The van der Waals surface area contributed by atoms with Crippen LogP contribution in [0.25, 0.3) is 0 Å². The first kappa shape index (κ1) is 14.6. The van der Waals surface area contributed by atoms with E-state index in [2.05, 4.69) is 15.5 Å². The molecule has 0 radical (unpaired) electrons. The largest absolute Gasteiger partial charge is 0.370 e. The quantitative estimate of drug-likeness (QED) is 0.841. The zero-order valence-corrected chi connectivity index (χ0v) is 12.9. The number of amides is 3. The molecule has 1 aromatic rings. The maximum atomic E-state index is 12.5. The zero-order chi connectivity index (χ0) is 15.9. The molecule has 2 saturated heterocycles. The van der Waals surface area contributed by atoms with Gasteiger partial charge >= 0.3 is 6.03 Å². The highest BCUT2D eigenvalue weighted by Gasteiger charge is 2.52. The molecule has 1 N–H and O–H groups in total. The van der Waals surface area contributed by atoms with Crippen LogP contribution in [0.4, 0.5) is 4.79 Å². The van der Waals surface area contributed by atoms with E-state index < -0.39 is 5.54 Å². The van der Waals surface area contributed by atoms with Crippen molar-refractivity contribution in [2.45, 2.75) is 56.6 Å². The molecule has 1 unspecified atom stereocenters. The van der Waals surface area contributed by atoms with E-state index in [1.165, 1.54) is 4.90 Å². The minimum atomic E-state index is -0.658. The smallest absolute Gasteiger partial charge is 0.325 e. The van der Waals surface area contributed by atoms with Crippen LogP contribution in [0.5, 0.6) is 0 Å². The summed E-state index contributed by atoms with van der Waals surface area (Å²) in [6, 6.07) is -0.309. The summed E-state index contributed by atoms with van der Waals surface area (Å²) in [5.41, 5.74) is -0.658. The third kappa shape index (κ3) is 2.50. The second kappa shape index (κ2) is 5.59. The predicted octanol–water partition coefficient (Wildman–Crippen LogP) is 1.33. The summed E-state index contributed by atoms with van der Waals surface area (Å²) in [5.74, 6) is 0.879. The summed E-state index contributed by atoms with van der Waals surface area (Å²) in [6.07, 6.45) is 5.60. The number of nitrogens with one attached hydrogen (secondary N) is 1. The molecule has 1 saturated carbocycles. The number of carbonyl (C=O) groups is 2. The molecule has 3 amide bonds. The van der Waals surface area contributed by atoms with Gasteiger partial charge in [0.15, 0.2) is 0 Å². The summed E-state index contributed by atoms with van der Waals surface area (Å²) in [7, 11) is 0. The van der Waals surface area contributed by atoms with Crippen molar-refractivity contribution in [2.24, 2.45) is 0 Å². The van der Waals surface area contributed by atoms with Gasteiger partial charge in [-0.05, 0) is 25.7 Å². The van der Waals surface area contributed by atoms with Gasteiger partial charge in [-0.2, -0.15) is 4.98 Å². The Bertz CT molecular complexity index is 617. The molecule has 8 heteroatoms. The van der Waals surface area contributed by atoms with Crippen molar-refractivity contribution < 1.29 is 18.8 Å². The molecule has 1 spiro atoms. The molecule has 8 nitrogen and oxygen atoms in total. The number of imide groups is 1. The van der Waals surface area contributed by atoms with Gasteiger partial charge in [-0.25, -0.2) is 4.79 Å². The third-order valence-corrected chi connectivity index (χ3v) is 4.95. The average Bonchev–Trinajstić information content (AvgIpc) is 3.30. The Morgan fingerprint density at radius 2 is 2.09 bits per heavy atom. The van der Waals surface area contributed by atoms with Crippen molar-refractivity contribution in [1.82, 2.24) is 20.4 Å². The second-order valence-electron chi connectivity index (χ2n) is 6.47. The van der Waals surface area contributed by atoms with Gasteiger partial charge in [-0.1, -0.05) is 18.0 Å². The summed E-state index contributed by atoms with van der Waals surface area (Å²) in [4.78, 5) is 30.2. The molecule has 0 bridgehead atoms. The normalized spacial score (nSPS) is 26.4. The minimum Gasteiger partial charge on any atom is -0.370 e. The van der Waals surface area contributed by atoms with E-state index in [9.17, 15) is 9.59 Å². The Kier molecular flexibility index (Phi) is 3.56. The molecule has 3 aliphatic rings. The van der Waals surface area contributed by atoms with Gasteiger partial charge in [0.1, 0.15) is 11.6 Å². The van der Waals surface area contributed by atoms with Crippen LogP contribution >= 0.6 is 0 Å². The van der Waals surface area contributed by atoms with Crippen LogP contribution in [0, 0.1) is 0 Å². The predicted molar refractivity (Wildman–Crippen MR) is 77.4 cm³/mol. The topological polar surface area (TPSA) is 97.6 Å². The van der Waals surface area contributed by atoms with E-state index in [0.717, 1.165) is 45.1 Å². The average molecular weight is 320 g/mol. The first-order valence-electron chi connectivity index (χ1n) is 8.26. The second-order valence-corrected chi connectivity index (χ2v) is 6.47. The first-order valence-corrected chi connectivity index (χ1v) is 8.26. The lowest BCUT2D eigenvalue weighted by atomic mass is 9.98. The number of urea groups is 1. The van der Waals surface area contributed by atoms with Crippen LogP contribution in [-0.4, -0.2) is 45.7 Å². The molecular formula is C15H20N4O4. The van der Waals surface area contributed by atoms with Crippen LogP contribution in [0.2, 0.25) is 0 Å². The Morgan fingerprint density at radius 1 is 1.26 bits per heavy atom. The van der Waals surface area contributed by atoms with E-state index in [0.29, 0.717) is 18.1 Å². The van der Waals surface area contributed by atoms with Crippen molar-refractivity contribution >= 4 is 11.9 Å². The summed E-state index contributed by atoms with van der Waals surface area (Å²) in [5, 5.41) is 6.80. The monoisotopic (exact) mass is 320 g/mol. The number of hydrogen-bond acceptors (Lipinski definition) is 6. The van der Waals surface area contributed by atoms with Crippen molar-refractivity contribution in [1.29, 1.82) is 0 Å². The van der Waals surface area contributed by atoms with Crippen molar-refractivity contribution in [3.8, 4) is 0 Å². The Hall–Kier alpha value is -1.96. The van der Waals surface area contributed by atoms with E-state index in [-0.39, 0.29) is 24.6 Å². The van der Waals surface area contributed by atoms with Gasteiger partial charge in [0.25, 0.3) is 5.91 Å². The molecule has 23 heavy (non-hydrogen) atoms. The maximum absolute atomic E-state index is 12.5. The summed E-state index contributed by atoms with van der Waals surface area (Å²) >= 11 is 0. The highest BCUT2D eigenvalue weighted by Crippen LogP contribution is 2.35. The van der Waals surface area contributed by atoms with Crippen molar-refractivity contribution in [3.63, 3.8) is 0 Å². The number of aromatic nitrogens is 2. The Balaban J connectivity index is 1.39. The molecular weight excluding hydrogens is 300 g/mol. The summed E-state index contributed by atoms with van der Waals surface area (Å²) < 4.78 is 10.7. The fourth-order valence-corrected chi connectivity index (χ4v) is 3.69. The van der Waals surface area contributed by atoms with Gasteiger partial charge in [-0.3, -0.25) is 9.69 Å². The van der Waals surface area contributed by atoms with Gasteiger partial charge in [-0.15, -0.1) is 0 Å². The van der Waals surface area contributed by atoms with E-state index in [4.69, 9.17) is 9.26 Å². The number of hydrogen-bond donors (Lipinski definition) is 1. The molecule has 2 aliphatic heterocycles. The number of ether oxygens (including phenoxy) is 1. The highest BCUT2D eigenvalue weighted by atomic mass is 16.5. The Morgan fingerprint density at radius 3 is 2.83 bits per heavy atom. The lowest BCUT2D eigenvalue weighted by Crippen LogP contribution is -2.44. The van der Waals surface area contributed by atoms with Crippen LogP contribution in [0.3, 0.4) is 0 Å². The molecule has 1 aliphatic carbocycles. The number of rotatable bonds is 4. The third-order valence-electron chi connectivity index (χ3n) is 4.95. The molecule has 3 heterocycles.